The Balaban J connectivity index is 1.64. The summed E-state index contributed by atoms with van der Waals surface area (Å²) in [5.41, 5.74) is 3.03. The van der Waals surface area contributed by atoms with E-state index in [1.54, 1.807) is 57.3 Å². The standard InChI is InChI=1S/C31H31FN8O3/c1-17-15-39(25-10-9-22(32)12-24(17)25)27-13-23(36-19(3)37-27)16-40-26(20-7-6-8-21(11-20)30(42)34-5)14-35-28(31(40)43)38-29(41)18(2)33-4/h6-15,18,33H,16H2,1-5H3,(H,34,42)(H,35,38,41). The van der Waals surface area contributed by atoms with E-state index in [4.69, 9.17) is 0 Å². The molecule has 0 aliphatic heterocycles. The third-order valence-electron chi connectivity index (χ3n) is 7.18. The maximum absolute atomic E-state index is 14.0. The van der Waals surface area contributed by atoms with Crippen LogP contribution < -0.4 is 21.5 Å². The summed E-state index contributed by atoms with van der Waals surface area (Å²) >= 11 is 0. The van der Waals surface area contributed by atoms with Crippen molar-refractivity contribution in [3.63, 3.8) is 0 Å². The lowest BCUT2D eigenvalue weighted by Crippen LogP contribution is -2.38. The Bertz CT molecular complexity index is 1930. The second-order valence-corrected chi connectivity index (χ2v) is 10.2. The molecule has 0 saturated carbocycles. The molecule has 0 saturated heterocycles. The average Bonchev–Trinajstić information content (AvgIpc) is 3.33. The van der Waals surface area contributed by atoms with Gasteiger partial charge < -0.3 is 20.5 Å². The summed E-state index contributed by atoms with van der Waals surface area (Å²) in [6.07, 6.45) is 3.36. The molecule has 11 nitrogen and oxygen atoms in total. The van der Waals surface area contributed by atoms with Crippen LogP contribution >= 0.6 is 0 Å². The van der Waals surface area contributed by atoms with E-state index >= 15 is 0 Å². The fourth-order valence-electron chi connectivity index (χ4n) is 4.82. The van der Waals surface area contributed by atoms with Crippen LogP contribution in [0.15, 0.2) is 65.7 Å². The lowest BCUT2D eigenvalue weighted by atomic mass is 10.1. The first kappa shape index (κ1) is 29.3. The first-order valence-electron chi connectivity index (χ1n) is 13.6. The lowest BCUT2D eigenvalue weighted by Gasteiger charge is -2.17. The van der Waals surface area contributed by atoms with E-state index in [1.165, 1.54) is 29.9 Å². The van der Waals surface area contributed by atoms with Crippen molar-refractivity contribution >= 4 is 28.5 Å². The van der Waals surface area contributed by atoms with Crippen LogP contribution in [0.1, 0.15) is 34.4 Å². The number of amides is 2. The van der Waals surface area contributed by atoms with E-state index in [-0.39, 0.29) is 24.1 Å². The Labute approximate surface area is 246 Å². The molecule has 3 heterocycles. The third-order valence-corrected chi connectivity index (χ3v) is 7.18. The second kappa shape index (κ2) is 11.9. The highest BCUT2D eigenvalue weighted by Crippen LogP contribution is 2.26. The van der Waals surface area contributed by atoms with Crippen LogP contribution in [0, 0.1) is 19.7 Å². The highest BCUT2D eigenvalue weighted by Gasteiger charge is 2.19. The number of carbonyl (C=O) groups is 2. The van der Waals surface area contributed by atoms with Crippen molar-refractivity contribution in [3.05, 3.63) is 99.7 Å². The fourth-order valence-corrected chi connectivity index (χ4v) is 4.82. The van der Waals surface area contributed by atoms with Gasteiger partial charge in [-0.25, -0.2) is 19.3 Å². The molecule has 3 N–H and O–H groups in total. The zero-order valence-corrected chi connectivity index (χ0v) is 24.4. The average molecular weight is 583 g/mol. The van der Waals surface area contributed by atoms with Gasteiger partial charge >= 0.3 is 0 Å². The van der Waals surface area contributed by atoms with Gasteiger partial charge in [-0.05, 0) is 63.7 Å². The maximum atomic E-state index is 14.0. The first-order chi connectivity index (χ1) is 20.6. The zero-order chi connectivity index (χ0) is 30.8. The van der Waals surface area contributed by atoms with Gasteiger partial charge in [-0.1, -0.05) is 12.1 Å². The molecule has 5 aromatic rings. The smallest absolute Gasteiger partial charge is 0.294 e. The molecular formula is C31H31FN8O3. The van der Waals surface area contributed by atoms with Crippen LogP contribution in [0.25, 0.3) is 28.0 Å². The minimum absolute atomic E-state index is 0.00844. The number of hydrogen-bond acceptors (Lipinski definition) is 7. The lowest BCUT2D eigenvalue weighted by molar-refractivity contribution is -0.117. The largest absolute Gasteiger partial charge is 0.355 e. The van der Waals surface area contributed by atoms with Gasteiger partial charge in [-0.2, -0.15) is 0 Å². The number of carbonyl (C=O) groups excluding carboxylic acids is 2. The molecule has 2 aromatic carbocycles. The molecule has 0 radical (unpaired) electrons. The highest BCUT2D eigenvalue weighted by molar-refractivity contribution is 5.95. The number of fused-ring (bicyclic) bond motifs is 1. The molecular weight excluding hydrogens is 551 g/mol. The first-order valence-corrected chi connectivity index (χ1v) is 13.6. The van der Waals surface area contributed by atoms with Gasteiger partial charge in [0, 0.05) is 35.8 Å². The van der Waals surface area contributed by atoms with Crippen molar-refractivity contribution in [3.8, 4) is 17.1 Å². The quantitative estimate of drug-likeness (QED) is 0.255. The number of hydrogen-bond donors (Lipinski definition) is 3. The summed E-state index contributed by atoms with van der Waals surface area (Å²) < 4.78 is 17.3. The van der Waals surface area contributed by atoms with E-state index in [1.807, 2.05) is 17.7 Å². The Hall–Kier alpha value is -5.23. The normalized spacial score (nSPS) is 11.9. The molecule has 0 aliphatic carbocycles. The van der Waals surface area contributed by atoms with Gasteiger partial charge in [0.05, 0.1) is 35.7 Å². The van der Waals surface area contributed by atoms with Crippen molar-refractivity contribution in [1.82, 2.24) is 34.7 Å². The molecule has 5 rings (SSSR count). The van der Waals surface area contributed by atoms with Crippen molar-refractivity contribution in [2.24, 2.45) is 0 Å². The molecule has 2 amide bonds. The van der Waals surface area contributed by atoms with E-state index < -0.39 is 17.5 Å². The van der Waals surface area contributed by atoms with Crippen LogP contribution in [0.3, 0.4) is 0 Å². The van der Waals surface area contributed by atoms with Gasteiger partial charge in [0.1, 0.15) is 17.5 Å². The van der Waals surface area contributed by atoms with Gasteiger partial charge in [-0.3, -0.25) is 19.0 Å². The molecule has 220 valence electrons. The van der Waals surface area contributed by atoms with Gasteiger partial charge in [0.2, 0.25) is 5.91 Å². The summed E-state index contributed by atoms with van der Waals surface area (Å²) in [5, 5.41) is 8.80. The number of aryl methyl sites for hydroxylation is 2. The summed E-state index contributed by atoms with van der Waals surface area (Å²) in [6, 6.07) is 12.6. The number of rotatable bonds is 8. The van der Waals surface area contributed by atoms with Crippen LogP contribution in [-0.4, -0.2) is 56.0 Å². The zero-order valence-electron chi connectivity index (χ0n) is 24.4. The Morgan fingerprint density at radius 3 is 2.58 bits per heavy atom. The second-order valence-electron chi connectivity index (χ2n) is 10.2. The number of halogens is 1. The van der Waals surface area contributed by atoms with Crippen molar-refractivity contribution in [2.45, 2.75) is 33.4 Å². The fraction of sp³-hybridized carbons (Fsp3) is 0.226. The molecule has 0 spiro atoms. The molecule has 0 fully saturated rings. The third kappa shape index (κ3) is 5.90. The SMILES string of the molecule is CNC(=O)c1cccc(-c2cnc(NC(=O)C(C)NC)c(=O)n2Cc2cc(-n3cc(C)c4cc(F)ccc43)nc(C)n2)c1. The number of nitrogens with zero attached hydrogens (tertiary/aromatic N) is 5. The van der Waals surface area contributed by atoms with Gasteiger partial charge in [0.15, 0.2) is 5.82 Å². The number of likely N-dealkylation sites (N-methyl/N-ethyl adjacent to an activating group) is 1. The number of benzene rings is 2. The number of nitrogens with one attached hydrogen (secondary N) is 3. The monoisotopic (exact) mass is 582 g/mol. The van der Waals surface area contributed by atoms with E-state index in [0.717, 1.165) is 16.5 Å². The van der Waals surface area contributed by atoms with Gasteiger partial charge in [-0.15, -0.1) is 0 Å². The summed E-state index contributed by atoms with van der Waals surface area (Å²) in [7, 11) is 3.18. The van der Waals surface area contributed by atoms with E-state index in [0.29, 0.717) is 34.2 Å². The summed E-state index contributed by atoms with van der Waals surface area (Å²) in [6.45, 7) is 5.32. The topological polar surface area (TPSA) is 136 Å². The van der Waals surface area contributed by atoms with Crippen LogP contribution in [0.2, 0.25) is 0 Å². The molecule has 12 heteroatoms. The summed E-state index contributed by atoms with van der Waals surface area (Å²) in [5.74, 6) is -0.147. The van der Waals surface area contributed by atoms with Crippen LogP contribution in [0.4, 0.5) is 10.2 Å². The Kier molecular flexibility index (Phi) is 8.13. The number of anilines is 1. The highest BCUT2D eigenvalue weighted by atomic mass is 19.1. The molecule has 43 heavy (non-hydrogen) atoms. The molecule has 0 aliphatic rings. The number of aromatic nitrogens is 5. The Morgan fingerprint density at radius 2 is 1.84 bits per heavy atom. The van der Waals surface area contributed by atoms with Gasteiger partial charge in [0.25, 0.3) is 11.5 Å². The van der Waals surface area contributed by atoms with Crippen LogP contribution in [0.5, 0.6) is 0 Å². The predicted octanol–water partition coefficient (Wildman–Crippen LogP) is 3.35. The van der Waals surface area contributed by atoms with E-state index in [2.05, 4.69) is 30.9 Å². The molecule has 3 aromatic heterocycles. The van der Waals surface area contributed by atoms with Crippen molar-refractivity contribution in [1.29, 1.82) is 0 Å². The summed E-state index contributed by atoms with van der Waals surface area (Å²) in [4.78, 5) is 52.3. The van der Waals surface area contributed by atoms with E-state index in [9.17, 15) is 18.8 Å². The predicted molar refractivity (Wildman–Crippen MR) is 162 cm³/mol. The molecule has 0 bridgehead atoms. The van der Waals surface area contributed by atoms with Crippen molar-refractivity contribution < 1.29 is 14.0 Å². The maximum Gasteiger partial charge on any atom is 0.294 e. The molecule has 1 unspecified atom stereocenters. The minimum Gasteiger partial charge on any atom is -0.355 e. The van der Waals surface area contributed by atoms with Crippen molar-refractivity contribution in [2.75, 3.05) is 19.4 Å². The minimum atomic E-state index is -0.557. The van der Waals surface area contributed by atoms with Crippen LogP contribution in [-0.2, 0) is 11.3 Å². The Morgan fingerprint density at radius 1 is 1.05 bits per heavy atom. The molecule has 1 atom stereocenters.